The van der Waals surface area contributed by atoms with Crippen LogP contribution in [0.15, 0.2) is 72.8 Å². The molecule has 0 fully saturated rings. The molecule has 5 nitrogen and oxygen atoms in total. The van der Waals surface area contributed by atoms with Gasteiger partial charge in [-0.05, 0) is 41.5 Å². The lowest BCUT2D eigenvalue weighted by Gasteiger charge is -2.28. The number of anilines is 1. The smallest absolute Gasteiger partial charge is 0.255 e. The van der Waals surface area contributed by atoms with E-state index in [4.69, 9.17) is 4.74 Å². The van der Waals surface area contributed by atoms with Crippen LogP contribution in [0.4, 0.5) is 10.1 Å². The molecule has 1 N–H and O–H groups in total. The summed E-state index contributed by atoms with van der Waals surface area (Å²) < 4.78 is 19.2. The molecule has 0 radical (unpaired) electrons. The van der Waals surface area contributed by atoms with Gasteiger partial charge in [0.2, 0.25) is 5.91 Å². The van der Waals surface area contributed by atoms with Crippen LogP contribution in [0.2, 0.25) is 0 Å². The highest BCUT2D eigenvalue weighted by Gasteiger charge is 2.34. The van der Waals surface area contributed by atoms with Gasteiger partial charge in [0.1, 0.15) is 11.6 Å². The second-order valence-corrected chi connectivity index (χ2v) is 7.11. The summed E-state index contributed by atoms with van der Waals surface area (Å²) in [6.45, 7) is 0.415. The summed E-state index contributed by atoms with van der Waals surface area (Å²) in [6.07, 6.45) is 0.000389. The molecule has 6 heteroatoms. The van der Waals surface area contributed by atoms with Crippen LogP contribution in [0, 0.1) is 5.82 Å². The van der Waals surface area contributed by atoms with Gasteiger partial charge in [0, 0.05) is 12.1 Å². The third-order valence-corrected chi connectivity index (χ3v) is 5.25. The number of benzene rings is 3. The Labute approximate surface area is 174 Å². The van der Waals surface area contributed by atoms with Crippen molar-refractivity contribution in [3.8, 4) is 5.75 Å². The van der Waals surface area contributed by atoms with Gasteiger partial charge in [0.05, 0.1) is 25.3 Å². The van der Waals surface area contributed by atoms with Crippen LogP contribution in [-0.4, -0.2) is 23.8 Å². The van der Waals surface area contributed by atoms with Crippen LogP contribution in [0.5, 0.6) is 5.75 Å². The number of carbonyl (C=O) groups is 2. The number of fused-ring (bicyclic) bond motifs is 1. The Morgan fingerprint density at radius 2 is 1.77 bits per heavy atom. The van der Waals surface area contributed by atoms with Crippen LogP contribution in [-0.2, 0) is 11.3 Å². The predicted molar refractivity (Wildman–Crippen MR) is 112 cm³/mol. The number of halogens is 1. The Morgan fingerprint density at radius 3 is 2.47 bits per heavy atom. The Bertz CT molecular complexity index is 1080. The SMILES string of the molecule is COc1ccc(C(CC(=O)Nc2ccccc2F)N2Cc3ccccc3C2=O)cc1. The number of nitrogens with zero attached hydrogens (tertiary/aromatic N) is 1. The zero-order valence-corrected chi connectivity index (χ0v) is 16.5. The second-order valence-electron chi connectivity index (χ2n) is 7.11. The quantitative estimate of drug-likeness (QED) is 0.655. The molecule has 1 aliphatic rings. The molecule has 2 amide bonds. The van der Waals surface area contributed by atoms with Crippen LogP contribution in [0.25, 0.3) is 0 Å². The fraction of sp³-hybridized carbons (Fsp3) is 0.167. The third kappa shape index (κ3) is 3.89. The molecule has 0 bridgehead atoms. The fourth-order valence-electron chi connectivity index (χ4n) is 3.70. The van der Waals surface area contributed by atoms with E-state index in [1.54, 1.807) is 42.3 Å². The highest BCUT2D eigenvalue weighted by atomic mass is 19.1. The highest BCUT2D eigenvalue weighted by Crippen LogP contribution is 2.34. The van der Waals surface area contributed by atoms with Crippen molar-refractivity contribution in [1.29, 1.82) is 0 Å². The fourth-order valence-corrected chi connectivity index (χ4v) is 3.70. The van der Waals surface area contributed by atoms with E-state index in [1.807, 2.05) is 30.3 Å². The summed E-state index contributed by atoms with van der Waals surface area (Å²) in [7, 11) is 1.58. The lowest BCUT2D eigenvalue weighted by atomic mass is 10.0. The Morgan fingerprint density at radius 1 is 1.07 bits per heavy atom. The number of rotatable bonds is 6. The van der Waals surface area contributed by atoms with Gasteiger partial charge in [0.25, 0.3) is 5.91 Å². The lowest BCUT2D eigenvalue weighted by molar-refractivity contribution is -0.117. The first kappa shape index (κ1) is 19.6. The van der Waals surface area contributed by atoms with E-state index in [1.165, 1.54) is 12.1 Å². The molecule has 0 saturated carbocycles. The Hall–Kier alpha value is -3.67. The van der Waals surface area contributed by atoms with E-state index >= 15 is 0 Å². The van der Waals surface area contributed by atoms with Crippen LogP contribution in [0.1, 0.15) is 33.9 Å². The molecule has 152 valence electrons. The maximum absolute atomic E-state index is 13.9. The second kappa shape index (κ2) is 8.37. The molecule has 0 aromatic heterocycles. The summed E-state index contributed by atoms with van der Waals surface area (Å²) in [5.41, 5.74) is 2.49. The summed E-state index contributed by atoms with van der Waals surface area (Å²) in [6, 6.07) is 20.2. The first-order chi connectivity index (χ1) is 14.6. The molecule has 0 saturated heterocycles. The lowest BCUT2D eigenvalue weighted by Crippen LogP contribution is -2.32. The molecule has 0 spiro atoms. The third-order valence-electron chi connectivity index (χ3n) is 5.25. The average molecular weight is 404 g/mol. The number of carbonyl (C=O) groups excluding carboxylic acids is 2. The minimum absolute atomic E-state index is 0.000389. The molecule has 1 aliphatic heterocycles. The number of para-hydroxylation sites is 1. The Kier molecular flexibility index (Phi) is 5.48. The molecular formula is C24H21FN2O3. The van der Waals surface area contributed by atoms with Gasteiger partial charge < -0.3 is 15.0 Å². The first-order valence-electron chi connectivity index (χ1n) is 9.64. The van der Waals surface area contributed by atoms with E-state index in [9.17, 15) is 14.0 Å². The summed E-state index contributed by atoms with van der Waals surface area (Å²) in [5, 5.41) is 2.62. The molecule has 1 unspecified atom stereocenters. The van der Waals surface area contributed by atoms with E-state index in [2.05, 4.69) is 5.32 Å². The maximum atomic E-state index is 13.9. The standard InChI is InChI=1S/C24H21FN2O3/c1-30-18-12-10-16(11-13-18)22(14-23(28)26-21-9-5-4-8-20(21)25)27-15-17-6-2-3-7-19(17)24(27)29/h2-13,22H,14-15H2,1H3,(H,26,28). The zero-order chi connectivity index (χ0) is 21.1. The topological polar surface area (TPSA) is 58.6 Å². The molecule has 3 aromatic carbocycles. The zero-order valence-electron chi connectivity index (χ0n) is 16.5. The van der Waals surface area contributed by atoms with Crippen LogP contribution >= 0.6 is 0 Å². The van der Waals surface area contributed by atoms with Crippen molar-refractivity contribution in [2.24, 2.45) is 0 Å². The molecule has 0 aliphatic carbocycles. The van der Waals surface area contributed by atoms with Crippen molar-refractivity contribution >= 4 is 17.5 Å². The molecule has 3 aromatic rings. The van der Waals surface area contributed by atoms with Gasteiger partial charge in [-0.25, -0.2) is 4.39 Å². The highest BCUT2D eigenvalue weighted by molar-refractivity contribution is 5.99. The maximum Gasteiger partial charge on any atom is 0.255 e. The number of ether oxygens (including phenoxy) is 1. The van der Waals surface area contributed by atoms with Gasteiger partial charge in [-0.2, -0.15) is 0 Å². The molecule has 1 heterocycles. The number of methoxy groups -OCH3 is 1. The monoisotopic (exact) mass is 404 g/mol. The van der Waals surface area contributed by atoms with Gasteiger partial charge in [-0.1, -0.05) is 42.5 Å². The van der Waals surface area contributed by atoms with Gasteiger partial charge in [0.15, 0.2) is 0 Å². The normalized spacial score (nSPS) is 13.7. The van der Waals surface area contributed by atoms with Crippen LogP contribution < -0.4 is 10.1 Å². The minimum Gasteiger partial charge on any atom is -0.497 e. The summed E-state index contributed by atoms with van der Waals surface area (Å²) in [4.78, 5) is 27.5. The summed E-state index contributed by atoms with van der Waals surface area (Å²) in [5.74, 6) is -0.310. The average Bonchev–Trinajstić information content (AvgIpc) is 3.10. The van der Waals surface area contributed by atoms with Crippen molar-refractivity contribution in [2.45, 2.75) is 19.0 Å². The van der Waals surface area contributed by atoms with Gasteiger partial charge in [-0.3, -0.25) is 9.59 Å². The number of amides is 2. The molecule has 4 rings (SSSR count). The molecular weight excluding hydrogens is 383 g/mol. The molecule has 30 heavy (non-hydrogen) atoms. The van der Waals surface area contributed by atoms with Crippen molar-refractivity contribution in [3.63, 3.8) is 0 Å². The first-order valence-corrected chi connectivity index (χ1v) is 9.64. The largest absolute Gasteiger partial charge is 0.497 e. The summed E-state index contributed by atoms with van der Waals surface area (Å²) >= 11 is 0. The predicted octanol–water partition coefficient (Wildman–Crippen LogP) is 4.56. The van der Waals surface area contributed by atoms with Gasteiger partial charge >= 0.3 is 0 Å². The number of hydrogen-bond donors (Lipinski definition) is 1. The van der Waals surface area contributed by atoms with Crippen molar-refractivity contribution in [2.75, 3.05) is 12.4 Å². The van der Waals surface area contributed by atoms with E-state index in [-0.39, 0.29) is 23.9 Å². The van der Waals surface area contributed by atoms with Gasteiger partial charge in [-0.15, -0.1) is 0 Å². The minimum atomic E-state index is -0.503. The van der Waals surface area contributed by atoms with E-state index in [0.717, 1.165) is 11.1 Å². The van der Waals surface area contributed by atoms with Crippen molar-refractivity contribution in [1.82, 2.24) is 4.90 Å². The van der Waals surface area contributed by atoms with E-state index in [0.29, 0.717) is 17.9 Å². The van der Waals surface area contributed by atoms with Crippen molar-refractivity contribution in [3.05, 3.63) is 95.3 Å². The molecule has 1 atom stereocenters. The van der Waals surface area contributed by atoms with Crippen molar-refractivity contribution < 1.29 is 18.7 Å². The van der Waals surface area contributed by atoms with E-state index < -0.39 is 11.9 Å². The number of hydrogen-bond acceptors (Lipinski definition) is 3. The number of nitrogens with one attached hydrogen (secondary N) is 1. The Balaban J connectivity index is 1.61. The van der Waals surface area contributed by atoms with Crippen LogP contribution in [0.3, 0.4) is 0 Å².